The topological polar surface area (TPSA) is 9.23 Å². The van der Waals surface area contributed by atoms with Crippen LogP contribution in [-0.2, 0) is 12.8 Å². The molecule has 0 spiro atoms. The summed E-state index contributed by atoms with van der Waals surface area (Å²) in [6.45, 7) is 6.38. The van der Waals surface area contributed by atoms with Gasteiger partial charge in [-0.3, -0.25) is 0 Å². The van der Waals surface area contributed by atoms with Gasteiger partial charge in [-0.15, -0.1) is 12.1 Å². The van der Waals surface area contributed by atoms with Crippen LogP contribution >= 0.6 is 0 Å². The first-order chi connectivity index (χ1) is 7.25. The van der Waals surface area contributed by atoms with Crippen molar-refractivity contribution in [3.63, 3.8) is 0 Å². The Kier molecular flexibility index (Phi) is 5.19. The van der Waals surface area contributed by atoms with Crippen LogP contribution in [-0.4, -0.2) is 6.61 Å². The van der Waals surface area contributed by atoms with E-state index in [-0.39, 0.29) is 18.9 Å². The predicted molar refractivity (Wildman–Crippen MR) is 62.2 cm³/mol. The van der Waals surface area contributed by atoms with E-state index in [1.165, 1.54) is 30.4 Å². The van der Waals surface area contributed by atoms with E-state index >= 15 is 0 Å². The Bertz CT molecular complexity index is 371. The second kappa shape index (κ2) is 6.18. The fourth-order valence-corrected chi connectivity index (χ4v) is 1.91. The Morgan fingerprint density at radius 1 is 1.38 bits per heavy atom. The summed E-state index contributed by atoms with van der Waals surface area (Å²) < 4.78 is 5.58. The minimum absolute atomic E-state index is 0. The van der Waals surface area contributed by atoms with E-state index in [1.807, 2.05) is 13.0 Å². The number of fused-ring (bicyclic) bond motifs is 1. The molecule has 1 nitrogen and oxygen atoms in total. The summed E-state index contributed by atoms with van der Waals surface area (Å²) in [6.07, 6.45) is 4.95. The summed E-state index contributed by atoms with van der Waals surface area (Å²) in [5, 5.41) is 0. The van der Waals surface area contributed by atoms with Gasteiger partial charge < -0.3 is 4.74 Å². The second-order valence-corrected chi connectivity index (χ2v) is 4.28. The molecule has 1 aromatic carbocycles. The van der Waals surface area contributed by atoms with Gasteiger partial charge in [-0.2, -0.15) is 17.2 Å². The van der Waals surface area contributed by atoms with Gasteiger partial charge in [0.1, 0.15) is 6.61 Å². The van der Waals surface area contributed by atoms with Gasteiger partial charge in [0.25, 0.3) is 0 Å². The van der Waals surface area contributed by atoms with Crippen molar-refractivity contribution in [1.29, 1.82) is 0 Å². The van der Waals surface area contributed by atoms with Gasteiger partial charge in [-0.05, 0) is 12.5 Å². The Morgan fingerprint density at radius 3 is 2.88 bits per heavy atom. The van der Waals surface area contributed by atoms with Crippen LogP contribution in [0.2, 0.25) is 0 Å². The molecular formula is C14H17LiO. The number of rotatable bonds is 3. The molecule has 16 heavy (non-hydrogen) atoms. The summed E-state index contributed by atoms with van der Waals surface area (Å²) in [7, 11) is 0. The van der Waals surface area contributed by atoms with Crippen molar-refractivity contribution in [3.8, 4) is 5.75 Å². The molecule has 2 rings (SSSR count). The Hall–Kier alpha value is -0.643. The molecule has 80 valence electrons. The molecule has 0 atom stereocenters. The monoisotopic (exact) mass is 208 g/mol. The number of aryl methyl sites for hydroxylation is 2. The zero-order valence-electron chi connectivity index (χ0n) is 10.3. The third kappa shape index (κ3) is 3.44. The van der Waals surface area contributed by atoms with Crippen molar-refractivity contribution in [2.75, 3.05) is 6.61 Å². The van der Waals surface area contributed by atoms with Gasteiger partial charge >= 0.3 is 18.9 Å². The maximum Gasteiger partial charge on any atom is 1.00 e. The smallest absolute Gasteiger partial charge is 0.515 e. The Balaban J connectivity index is 0.00000128. The van der Waals surface area contributed by atoms with E-state index in [0.29, 0.717) is 6.61 Å². The van der Waals surface area contributed by atoms with E-state index in [9.17, 15) is 0 Å². The van der Waals surface area contributed by atoms with Gasteiger partial charge in [0.2, 0.25) is 0 Å². The van der Waals surface area contributed by atoms with Gasteiger partial charge in [0, 0.05) is 5.75 Å². The van der Waals surface area contributed by atoms with E-state index in [1.54, 1.807) is 0 Å². The maximum atomic E-state index is 5.58. The summed E-state index contributed by atoms with van der Waals surface area (Å²) in [4.78, 5) is 0. The van der Waals surface area contributed by atoms with Crippen molar-refractivity contribution in [3.05, 3.63) is 41.5 Å². The van der Waals surface area contributed by atoms with Crippen LogP contribution in [0.25, 0.3) is 0 Å². The van der Waals surface area contributed by atoms with Crippen molar-refractivity contribution in [2.24, 2.45) is 0 Å². The average molecular weight is 208 g/mol. The normalized spacial score (nSPS) is 13.6. The van der Waals surface area contributed by atoms with E-state index in [2.05, 4.69) is 18.7 Å². The van der Waals surface area contributed by atoms with Crippen LogP contribution < -0.4 is 23.6 Å². The summed E-state index contributed by atoms with van der Waals surface area (Å²) in [5.41, 5.74) is 3.84. The molecule has 0 saturated carbocycles. The molecule has 1 aromatic rings. The number of hydrogen-bond donors (Lipinski definition) is 0. The first kappa shape index (κ1) is 13.4. The van der Waals surface area contributed by atoms with Crippen molar-refractivity contribution in [1.82, 2.24) is 0 Å². The largest absolute Gasteiger partial charge is 1.00 e. The molecule has 0 aliphatic heterocycles. The molecule has 0 heterocycles. The van der Waals surface area contributed by atoms with Crippen molar-refractivity contribution >= 4 is 0 Å². The Morgan fingerprint density at radius 2 is 2.12 bits per heavy atom. The third-order valence-electron chi connectivity index (χ3n) is 2.69. The van der Waals surface area contributed by atoms with Crippen LogP contribution in [0.5, 0.6) is 5.75 Å². The predicted octanol–water partition coefficient (Wildman–Crippen LogP) is 0.324. The summed E-state index contributed by atoms with van der Waals surface area (Å²) in [5.74, 6) is 0.860. The number of ether oxygens (including phenoxy) is 1. The van der Waals surface area contributed by atoms with Crippen LogP contribution in [0, 0.1) is 6.07 Å². The van der Waals surface area contributed by atoms with Crippen LogP contribution in [0.3, 0.4) is 0 Å². The molecule has 0 fully saturated rings. The first-order valence-electron chi connectivity index (χ1n) is 5.57. The van der Waals surface area contributed by atoms with Gasteiger partial charge in [0.05, 0.1) is 0 Å². The van der Waals surface area contributed by atoms with Gasteiger partial charge in [0.15, 0.2) is 0 Å². The molecule has 1 aliphatic rings. The molecule has 0 saturated heterocycles. The number of benzene rings is 1. The molecule has 0 aromatic heterocycles. The first-order valence-corrected chi connectivity index (χ1v) is 5.57. The number of hydrogen-bond acceptors (Lipinski definition) is 1. The summed E-state index contributed by atoms with van der Waals surface area (Å²) in [6, 6.07) is 7.56. The zero-order valence-corrected chi connectivity index (χ0v) is 10.3. The third-order valence-corrected chi connectivity index (χ3v) is 2.69. The standard InChI is InChI=1S/C14H17O.Li/c1-11(2)10-15-14-8-7-12-5-3-4-6-13(12)9-14;/h7-8H,1,3-6,10H2,2H3;/q-1;+1. The zero-order chi connectivity index (χ0) is 10.7. The molecule has 0 unspecified atom stereocenters. The molecule has 2 heteroatoms. The fourth-order valence-electron chi connectivity index (χ4n) is 1.91. The molecule has 1 aliphatic carbocycles. The molecular weight excluding hydrogens is 191 g/mol. The van der Waals surface area contributed by atoms with Crippen LogP contribution in [0.4, 0.5) is 0 Å². The molecule has 0 amide bonds. The van der Waals surface area contributed by atoms with Crippen molar-refractivity contribution < 1.29 is 23.6 Å². The maximum absolute atomic E-state index is 5.58. The minimum atomic E-state index is 0. The molecule has 0 bridgehead atoms. The summed E-state index contributed by atoms with van der Waals surface area (Å²) >= 11 is 0. The quantitative estimate of drug-likeness (QED) is 0.395. The van der Waals surface area contributed by atoms with E-state index in [0.717, 1.165) is 17.7 Å². The van der Waals surface area contributed by atoms with Crippen molar-refractivity contribution in [2.45, 2.75) is 32.6 Å². The molecule has 0 N–H and O–H groups in total. The van der Waals surface area contributed by atoms with E-state index < -0.39 is 0 Å². The SMILES string of the molecule is C=C(C)COc1[c-]c2c(cc1)CCCC2.[Li+]. The minimum Gasteiger partial charge on any atom is -0.515 e. The van der Waals surface area contributed by atoms with Crippen LogP contribution in [0.1, 0.15) is 30.9 Å². The van der Waals surface area contributed by atoms with Gasteiger partial charge in [-0.25, -0.2) is 0 Å². The van der Waals surface area contributed by atoms with E-state index in [4.69, 9.17) is 4.74 Å². The second-order valence-electron chi connectivity index (χ2n) is 4.28. The molecule has 0 radical (unpaired) electrons. The van der Waals surface area contributed by atoms with Crippen LogP contribution in [0.15, 0.2) is 24.3 Å². The fraction of sp³-hybridized carbons (Fsp3) is 0.429. The Labute approximate surface area is 110 Å². The average Bonchev–Trinajstić information content (AvgIpc) is 2.26. The van der Waals surface area contributed by atoms with Gasteiger partial charge in [-0.1, -0.05) is 32.3 Å².